The standard InChI is InChI=1S/C13H24N4S/c1-3-11-6-5-8-17(9-7-11)10-12-13(14-4-2)18-16-15-12/h11,14H,3-10H2,1-2H3. The molecule has 0 saturated carbocycles. The van der Waals surface area contributed by atoms with Crippen LogP contribution < -0.4 is 5.32 Å². The average Bonchev–Trinajstić information content (AvgIpc) is 2.68. The molecule has 0 radical (unpaired) electrons. The lowest BCUT2D eigenvalue weighted by atomic mass is 9.98. The van der Waals surface area contributed by atoms with E-state index in [-0.39, 0.29) is 0 Å². The van der Waals surface area contributed by atoms with E-state index in [0.717, 1.165) is 29.7 Å². The first kappa shape index (κ1) is 13.7. The van der Waals surface area contributed by atoms with Crippen LogP contribution in [0.1, 0.15) is 45.2 Å². The summed E-state index contributed by atoms with van der Waals surface area (Å²) >= 11 is 1.47. The largest absolute Gasteiger partial charge is 0.374 e. The van der Waals surface area contributed by atoms with E-state index >= 15 is 0 Å². The molecule has 0 bridgehead atoms. The van der Waals surface area contributed by atoms with Crippen molar-refractivity contribution >= 4 is 16.5 Å². The van der Waals surface area contributed by atoms with Crippen molar-refractivity contribution in [1.29, 1.82) is 0 Å². The van der Waals surface area contributed by atoms with E-state index in [1.807, 2.05) is 0 Å². The number of nitrogens with zero attached hydrogens (tertiary/aromatic N) is 3. The lowest BCUT2D eigenvalue weighted by Gasteiger charge is -2.19. The third-order valence-electron chi connectivity index (χ3n) is 3.78. The Morgan fingerprint density at radius 3 is 3.00 bits per heavy atom. The SMILES string of the molecule is CCNc1snnc1CN1CCCC(CC)CC1. The molecule has 0 aliphatic carbocycles. The van der Waals surface area contributed by atoms with Gasteiger partial charge < -0.3 is 5.32 Å². The van der Waals surface area contributed by atoms with E-state index in [9.17, 15) is 0 Å². The summed E-state index contributed by atoms with van der Waals surface area (Å²) in [6.45, 7) is 8.74. The van der Waals surface area contributed by atoms with E-state index in [2.05, 4.69) is 33.7 Å². The van der Waals surface area contributed by atoms with Gasteiger partial charge in [-0.3, -0.25) is 4.90 Å². The predicted octanol–water partition coefficient (Wildman–Crippen LogP) is 2.98. The van der Waals surface area contributed by atoms with Crippen molar-refractivity contribution in [2.24, 2.45) is 5.92 Å². The van der Waals surface area contributed by atoms with Crippen molar-refractivity contribution in [3.63, 3.8) is 0 Å². The van der Waals surface area contributed by atoms with Crippen molar-refractivity contribution in [3.05, 3.63) is 5.69 Å². The highest BCUT2D eigenvalue weighted by atomic mass is 32.1. The minimum absolute atomic E-state index is 0.928. The van der Waals surface area contributed by atoms with Gasteiger partial charge in [0.05, 0.1) is 0 Å². The first-order valence-electron chi connectivity index (χ1n) is 7.11. The van der Waals surface area contributed by atoms with Gasteiger partial charge in [0.1, 0.15) is 10.7 Å². The molecule has 1 aromatic heterocycles. The summed E-state index contributed by atoms with van der Waals surface area (Å²) in [5, 5.41) is 8.76. The molecule has 0 amide bonds. The third-order valence-corrected chi connectivity index (χ3v) is 4.51. The lowest BCUT2D eigenvalue weighted by Crippen LogP contribution is -2.25. The third kappa shape index (κ3) is 3.65. The topological polar surface area (TPSA) is 41.1 Å². The maximum Gasteiger partial charge on any atom is 0.134 e. The Hall–Kier alpha value is -0.680. The Morgan fingerprint density at radius 1 is 1.33 bits per heavy atom. The van der Waals surface area contributed by atoms with Gasteiger partial charge in [0.25, 0.3) is 0 Å². The van der Waals surface area contributed by atoms with Gasteiger partial charge in [0.15, 0.2) is 0 Å². The summed E-state index contributed by atoms with van der Waals surface area (Å²) in [7, 11) is 0. The highest BCUT2D eigenvalue weighted by Crippen LogP contribution is 2.23. The van der Waals surface area contributed by atoms with Crippen LogP contribution in [0.5, 0.6) is 0 Å². The molecule has 1 aliphatic rings. The van der Waals surface area contributed by atoms with Gasteiger partial charge in [0.2, 0.25) is 0 Å². The first-order chi connectivity index (χ1) is 8.83. The number of hydrogen-bond acceptors (Lipinski definition) is 5. The number of likely N-dealkylation sites (tertiary alicyclic amines) is 1. The molecule has 0 aromatic carbocycles. The Bertz CT molecular complexity index is 353. The van der Waals surface area contributed by atoms with Gasteiger partial charge in [-0.1, -0.05) is 17.8 Å². The minimum atomic E-state index is 0.928. The molecular weight excluding hydrogens is 244 g/mol. The number of nitrogens with one attached hydrogen (secondary N) is 1. The van der Waals surface area contributed by atoms with E-state index in [1.165, 1.54) is 50.3 Å². The fourth-order valence-corrected chi connectivity index (χ4v) is 3.25. The van der Waals surface area contributed by atoms with Crippen molar-refractivity contribution in [2.75, 3.05) is 25.0 Å². The molecule has 1 fully saturated rings. The van der Waals surface area contributed by atoms with E-state index in [1.54, 1.807) is 0 Å². The Morgan fingerprint density at radius 2 is 2.22 bits per heavy atom. The van der Waals surface area contributed by atoms with Crippen LogP contribution in [0, 0.1) is 5.92 Å². The number of anilines is 1. The van der Waals surface area contributed by atoms with Crippen LogP contribution in [-0.2, 0) is 6.54 Å². The Labute approximate surface area is 114 Å². The molecule has 1 aliphatic heterocycles. The van der Waals surface area contributed by atoms with Crippen molar-refractivity contribution in [3.8, 4) is 0 Å². The molecule has 0 spiro atoms. The van der Waals surface area contributed by atoms with Gasteiger partial charge in [-0.05, 0) is 45.2 Å². The maximum atomic E-state index is 4.26. The molecule has 1 N–H and O–H groups in total. The fraction of sp³-hybridized carbons (Fsp3) is 0.846. The van der Waals surface area contributed by atoms with Crippen LogP contribution in [0.25, 0.3) is 0 Å². The van der Waals surface area contributed by atoms with Crippen LogP contribution in [0.2, 0.25) is 0 Å². The second-order valence-electron chi connectivity index (χ2n) is 5.06. The molecule has 2 rings (SSSR count). The highest BCUT2D eigenvalue weighted by Gasteiger charge is 2.18. The van der Waals surface area contributed by atoms with Crippen LogP contribution >= 0.6 is 11.5 Å². The van der Waals surface area contributed by atoms with Crippen LogP contribution in [0.4, 0.5) is 5.00 Å². The van der Waals surface area contributed by atoms with E-state index in [0.29, 0.717) is 0 Å². The summed E-state index contributed by atoms with van der Waals surface area (Å²) in [6, 6.07) is 0. The smallest absolute Gasteiger partial charge is 0.134 e. The maximum absolute atomic E-state index is 4.26. The molecule has 5 heteroatoms. The lowest BCUT2D eigenvalue weighted by molar-refractivity contribution is 0.269. The molecular formula is C13H24N4S. The number of rotatable bonds is 5. The summed E-state index contributed by atoms with van der Waals surface area (Å²) in [5.41, 5.74) is 1.12. The van der Waals surface area contributed by atoms with Crippen molar-refractivity contribution in [1.82, 2.24) is 14.5 Å². The summed E-state index contributed by atoms with van der Waals surface area (Å²) in [6.07, 6.45) is 5.38. The van der Waals surface area contributed by atoms with Crippen LogP contribution in [-0.4, -0.2) is 34.1 Å². The quantitative estimate of drug-likeness (QED) is 0.891. The van der Waals surface area contributed by atoms with E-state index in [4.69, 9.17) is 0 Å². The predicted molar refractivity (Wildman–Crippen MR) is 77.0 cm³/mol. The molecule has 1 aromatic rings. The summed E-state index contributed by atoms with van der Waals surface area (Å²) in [4.78, 5) is 2.53. The van der Waals surface area contributed by atoms with Gasteiger partial charge in [0, 0.05) is 24.6 Å². The second-order valence-corrected chi connectivity index (χ2v) is 5.81. The van der Waals surface area contributed by atoms with Crippen LogP contribution in [0.15, 0.2) is 0 Å². The number of hydrogen-bond donors (Lipinski definition) is 1. The van der Waals surface area contributed by atoms with Gasteiger partial charge in [-0.15, -0.1) is 5.10 Å². The zero-order valence-electron chi connectivity index (χ0n) is 11.5. The van der Waals surface area contributed by atoms with Crippen LogP contribution in [0.3, 0.4) is 0 Å². The van der Waals surface area contributed by atoms with E-state index < -0.39 is 0 Å². The highest BCUT2D eigenvalue weighted by molar-refractivity contribution is 7.10. The fourth-order valence-electron chi connectivity index (χ4n) is 2.61. The molecule has 1 saturated heterocycles. The average molecular weight is 268 g/mol. The Balaban J connectivity index is 1.90. The molecule has 102 valence electrons. The molecule has 2 heterocycles. The Kier molecular flexibility index (Phi) is 5.38. The minimum Gasteiger partial charge on any atom is -0.374 e. The normalized spacial score (nSPS) is 21.8. The first-order valence-corrected chi connectivity index (χ1v) is 7.88. The zero-order valence-corrected chi connectivity index (χ0v) is 12.3. The monoisotopic (exact) mass is 268 g/mol. The van der Waals surface area contributed by atoms with Crippen molar-refractivity contribution in [2.45, 2.75) is 46.1 Å². The number of aromatic nitrogens is 2. The molecule has 4 nitrogen and oxygen atoms in total. The zero-order chi connectivity index (χ0) is 12.8. The van der Waals surface area contributed by atoms with Gasteiger partial charge >= 0.3 is 0 Å². The van der Waals surface area contributed by atoms with Gasteiger partial charge in [-0.2, -0.15) is 0 Å². The molecule has 1 atom stereocenters. The summed E-state index contributed by atoms with van der Waals surface area (Å²) in [5.74, 6) is 0.928. The molecule has 1 unspecified atom stereocenters. The second kappa shape index (κ2) is 7.04. The van der Waals surface area contributed by atoms with Gasteiger partial charge in [-0.25, -0.2) is 0 Å². The molecule has 18 heavy (non-hydrogen) atoms. The summed E-state index contributed by atoms with van der Waals surface area (Å²) < 4.78 is 4.06. The van der Waals surface area contributed by atoms with Crippen molar-refractivity contribution < 1.29 is 0 Å².